The molecule has 5 aromatic rings. The summed E-state index contributed by atoms with van der Waals surface area (Å²) in [4.78, 5) is 24.2. The average Bonchev–Trinajstić information content (AvgIpc) is 3.75. The van der Waals surface area contributed by atoms with Crippen molar-refractivity contribution in [2.75, 3.05) is 18.0 Å². The number of amides is 1. The van der Waals surface area contributed by atoms with E-state index >= 15 is 0 Å². The summed E-state index contributed by atoms with van der Waals surface area (Å²) < 4.78 is 3.51. The number of hydrogen-bond donors (Lipinski definition) is 1. The van der Waals surface area contributed by atoms with E-state index in [9.17, 15) is 10.1 Å². The van der Waals surface area contributed by atoms with Crippen molar-refractivity contribution in [2.45, 2.75) is 25.3 Å². The van der Waals surface area contributed by atoms with E-state index in [-0.39, 0.29) is 17.1 Å². The van der Waals surface area contributed by atoms with Crippen molar-refractivity contribution in [3.8, 4) is 28.3 Å². The van der Waals surface area contributed by atoms with E-state index in [2.05, 4.69) is 56.6 Å². The maximum Gasteiger partial charge on any atom is 0.271 e. The Bertz CT molecular complexity index is 1860. The van der Waals surface area contributed by atoms with Gasteiger partial charge in [-0.1, -0.05) is 11.6 Å². The Balaban J connectivity index is 1.09. The van der Waals surface area contributed by atoms with E-state index in [0.717, 1.165) is 59.5 Å². The third-order valence-electron chi connectivity index (χ3n) is 8.54. The number of pyridine rings is 3. The number of carbonyl (C=O) groups is 1. The molecule has 1 amide bonds. The molecule has 42 heavy (non-hydrogen) atoms. The lowest BCUT2D eigenvalue weighted by molar-refractivity contribution is 0.0900. The number of nitriles is 1. The normalized spacial score (nSPS) is 21.4. The molecule has 0 radical (unpaired) electrons. The van der Waals surface area contributed by atoms with E-state index in [1.54, 1.807) is 33.7 Å². The SMILES string of the molecule is Cn1cc(-c2cc(-c3ccc(N4C[C@@H]5C[C@](C)(NC(=O)c6ncccc6Cl)C[C@@H]5C4)nc3)c3c(C#N)cnn3c2)cn1. The highest BCUT2D eigenvalue weighted by Gasteiger charge is 2.47. The fourth-order valence-corrected chi connectivity index (χ4v) is 6.91. The zero-order chi connectivity index (χ0) is 29.0. The van der Waals surface area contributed by atoms with Crippen molar-refractivity contribution in [1.82, 2.24) is 34.7 Å². The zero-order valence-electron chi connectivity index (χ0n) is 23.2. The predicted octanol–water partition coefficient (Wildman–Crippen LogP) is 4.75. The second-order valence-corrected chi connectivity index (χ2v) is 12.0. The first-order chi connectivity index (χ1) is 20.3. The minimum absolute atomic E-state index is 0.225. The molecule has 6 heterocycles. The summed E-state index contributed by atoms with van der Waals surface area (Å²) in [5.41, 5.74) is 4.96. The molecule has 0 aromatic carbocycles. The van der Waals surface area contributed by atoms with Crippen LogP contribution in [0.4, 0.5) is 5.82 Å². The fraction of sp³-hybridized carbons (Fsp3) is 0.290. The van der Waals surface area contributed by atoms with Crippen LogP contribution in [0, 0.1) is 23.2 Å². The van der Waals surface area contributed by atoms with Gasteiger partial charge in [0.1, 0.15) is 17.6 Å². The van der Waals surface area contributed by atoms with Crippen LogP contribution < -0.4 is 10.2 Å². The number of carbonyl (C=O) groups excluding carboxylic acids is 1. The minimum atomic E-state index is -0.301. The van der Waals surface area contributed by atoms with E-state index in [4.69, 9.17) is 16.6 Å². The lowest BCUT2D eigenvalue weighted by Gasteiger charge is -2.28. The molecule has 5 aromatic heterocycles. The molecule has 0 spiro atoms. The molecule has 1 N–H and O–H groups in total. The van der Waals surface area contributed by atoms with Crippen LogP contribution in [-0.4, -0.2) is 53.9 Å². The molecule has 0 bridgehead atoms. The number of rotatable bonds is 5. The largest absolute Gasteiger partial charge is 0.356 e. The molecular formula is C31H28ClN9O. The highest BCUT2D eigenvalue weighted by atomic mass is 35.5. The molecule has 3 atom stereocenters. The lowest BCUT2D eigenvalue weighted by Crippen LogP contribution is -2.45. The van der Waals surface area contributed by atoms with Crippen LogP contribution >= 0.6 is 11.6 Å². The second kappa shape index (κ2) is 9.96. The number of nitrogens with one attached hydrogen (secondary N) is 1. The summed E-state index contributed by atoms with van der Waals surface area (Å²) in [6.45, 7) is 3.88. The molecule has 1 saturated heterocycles. The Labute approximate surface area is 247 Å². The molecule has 1 aliphatic carbocycles. The van der Waals surface area contributed by atoms with Gasteiger partial charge in [-0.3, -0.25) is 9.48 Å². The summed E-state index contributed by atoms with van der Waals surface area (Å²) in [7, 11) is 1.88. The fourth-order valence-electron chi connectivity index (χ4n) is 6.70. The van der Waals surface area contributed by atoms with Gasteiger partial charge in [0, 0.05) is 72.7 Å². The molecule has 210 valence electrons. The number of nitrogens with zero attached hydrogens (tertiary/aromatic N) is 8. The van der Waals surface area contributed by atoms with Gasteiger partial charge in [-0.05, 0) is 61.9 Å². The summed E-state index contributed by atoms with van der Waals surface area (Å²) in [5.74, 6) is 1.61. The summed E-state index contributed by atoms with van der Waals surface area (Å²) in [5, 5.41) is 22.0. The standard InChI is InChI=1S/C31H28ClN9O/c1-31(38-30(42)28-26(32)4-3-7-34-28)9-21-16-40(17-22(21)10-31)27-6-5-19(12-35-27)25-8-20(24-14-36-39(2)15-24)18-41-29(25)23(11-33)13-37-41/h3-8,12-15,18,21-22H,9-10,16-17H2,1-2H3,(H,38,42)/t21-,22+,31-. The van der Waals surface area contributed by atoms with E-state index in [1.165, 1.54) is 0 Å². The van der Waals surface area contributed by atoms with Gasteiger partial charge in [0.15, 0.2) is 0 Å². The zero-order valence-corrected chi connectivity index (χ0v) is 24.0. The van der Waals surface area contributed by atoms with E-state index in [0.29, 0.717) is 22.4 Å². The van der Waals surface area contributed by atoms with E-state index in [1.807, 2.05) is 31.8 Å². The summed E-state index contributed by atoms with van der Waals surface area (Å²) in [6, 6.07) is 11.9. The van der Waals surface area contributed by atoms with Gasteiger partial charge in [-0.25, -0.2) is 14.5 Å². The van der Waals surface area contributed by atoms with Crippen LogP contribution in [0.15, 0.2) is 67.5 Å². The van der Waals surface area contributed by atoms with Gasteiger partial charge in [0.25, 0.3) is 5.91 Å². The van der Waals surface area contributed by atoms with Crippen LogP contribution in [0.2, 0.25) is 5.02 Å². The Morgan fingerprint density at radius 1 is 1.05 bits per heavy atom. The molecule has 1 saturated carbocycles. The molecule has 2 aliphatic rings. The van der Waals surface area contributed by atoms with Crippen molar-refractivity contribution in [2.24, 2.45) is 18.9 Å². The smallest absolute Gasteiger partial charge is 0.271 e. The van der Waals surface area contributed by atoms with Crippen LogP contribution in [0.3, 0.4) is 0 Å². The number of aromatic nitrogens is 6. The third-order valence-corrected chi connectivity index (χ3v) is 8.85. The van der Waals surface area contributed by atoms with Crippen molar-refractivity contribution in [3.05, 3.63) is 83.8 Å². The Kier molecular flexibility index (Phi) is 6.21. The highest BCUT2D eigenvalue weighted by molar-refractivity contribution is 6.33. The first-order valence-electron chi connectivity index (χ1n) is 13.9. The first-order valence-corrected chi connectivity index (χ1v) is 14.2. The van der Waals surface area contributed by atoms with Crippen LogP contribution in [0.25, 0.3) is 27.8 Å². The summed E-state index contributed by atoms with van der Waals surface area (Å²) >= 11 is 6.20. The average molecular weight is 578 g/mol. The van der Waals surface area contributed by atoms with Gasteiger partial charge in [-0.2, -0.15) is 15.5 Å². The van der Waals surface area contributed by atoms with Crippen molar-refractivity contribution >= 4 is 28.8 Å². The van der Waals surface area contributed by atoms with E-state index < -0.39 is 0 Å². The van der Waals surface area contributed by atoms with Crippen LogP contribution in [0.5, 0.6) is 0 Å². The monoisotopic (exact) mass is 577 g/mol. The van der Waals surface area contributed by atoms with Crippen LogP contribution in [0.1, 0.15) is 35.8 Å². The van der Waals surface area contributed by atoms with Crippen molar-refractivity contribution in [3.63, 3.8) is 0 Å². The number of halogens is 1. The molecule has 10 nitrogen and oxygen atoms in total. The Hall–Kier alpha value is -4.75. The molecule has 2 fully saturated rings. The molecule has 0 unspecified atom stereocenters. The quantitative estimate of drug-likeness (QED) is 0.320. The Morgan fingerprint density at radius 3 is 2.52 bits per heavy atom. The van der Waals surface area contributed by atoms with Gasteiger partial charge in [0.05, 0.1) is 28.5 Å². The van der Waals surface area contributed by atoms with Crippen molar-refractivity contribution in [1.29, 1.82) is 5.26 Å². The molecule has 7 rings (SSSR count). The van der Waals surface area contributed by atoms with Crippen molar-refractivity contribution < 1.29 is 4.79 Å². The molecule has 11 heteroatoms. The topological polar surface area (TPSA) is 117 Å². The first kappa shape index (κ1) is 26.2. The maximum atomic E-state index is 12.9. The third kappa shape index (κ3) is 4.56. The maximum absolute atomic E-state index is 12.9. The van der Waals surface area contributed by atoms with Gasteiger partial charge < -0.3 is 10.2 Å². The molecular weight excluding hydrogens is 550 g/mol. The number of fused-ring (bicyclic) bond motifs is 2. The predicted molar refractivity (Wildman–Crippen MR) is 159 cm³/mol. The van der Waals surface area contributed by atoms with Gasteiger partial charge in [-0.15, -0.1) is 0 Å². The van der Waals surface area contributed by atoms with Gasteiger partial charge >= 0.3 is 0 Å². The highest BCUT2D eigenvalue weighted by Crippen LogP contribution is 2.45. The number of aryl methyl sites for hydroxylation is 1. The lowest BCUT2D eigenvalue weighted by atomic mass is 9.97. The molecule has 1 aliphatic heterocycles. The Morgan fingerprint density at radius 2 is 1.86 bits per heavy atom. The minimum Gasteiger partial charge on any atom is -0.356 e. The number of anilines is 1. The van der Waals surface area contributed by atoms with Crippen LogP contribution in [-0.2, 0) is 7.05 Å². The number of hydrogen-bond acceptors (Lipinski definition) is 7. The summed E-state index contributed by atoms with van der Waals surface area (Å²) in [6.07, 6.45) is 12.5. The van der Waals surface area contributed by atoms with Gasteiger partial charge in [0.2, 0.25) is 0 Å². The second-order valence-electron chi connectivity index (χ2n) is 11.6.